The number of carbonyl (C=O) groups is 2. The first-order valence-corrected chi connectivity index (χ1v) is 11.6. The number of benzene rings is 1. The van der Waals surface area contributed by atoms with Gasteiger partial charge < -0.3 is 29.7 Å². The third-order valence-electron chi connectivity index (χ3n) is 6.02. The lowest BCUT2D eigenvalue weighted by atomic mass is 10.00. The van der Waals surface area contributed by atoms with Crippen molar-refractivity contribution < 1.29 is 24.2 Å². The average Bonchev–Trinajstić information content (AvgIpc) is 2.86. The highest BCUT2D eigenvalue weighted by Crippen LogP contribution is 2.28. The van der Waals surface area contributed by atoms with E-state index in [4.69, 9.17) is 9.47 Å². The Labute approximate surface area is 206 Å². The summed E-state index contributed by atoms with van der Waals surface area (Å²) < 4.78 is 11.5. The van der Waals surface area contributed by atoms with Crippen LogP contribution in [0.2, 0.25) is 0 Å². The molecule has 2 N–H and O–H groups in total. The number of carbonyl (C=O) groups excluding carboxylic acids is 2. The van der Waals surface area contributed by atoms with E-state index in [1.807, 2.05) is 26.0 Å². The van der Waals surface area contributed by atoms with Crippen LogP contribution in [-0.2, 0) is 0 Å². The number of aliphatic hydroxyl groups excluding tert-OH is 1. The van der Waals surface area contributed by atoms with E-state index >= 15 is 0 Å². The van der Waals surface area contributed by atoms with Crippen molar-refractivity contribution in [3.63, 3.8) is 0 Å². The van der Waals surface area contributed by atoms with Gasteiger partial charge in [-0.25, -0.2) is 9.78 Å². The maximum atomic E-state index is 13.4. The van der Waals surface area contributed by atoms with Crippen LogP contribution in [0.3, 0.4) is 0 Å². The van der Waals surface area contributed by atoms with Gasteiger partial charge in [0.2, 0.25) is 5.88 Å². The van der Waals surface area contributed by atoms with Crippen LogP contribution in [0.4, 0.5) is 10.5 Å². The summed E-state index contributed by atoms with van der Waals surface area (Å²) in [5, 5.41) is 12.6. The summed E-state index contributed by atoms with van der Waals surface area (Å²) in [6.07, 6.45) is 4.94. The lowest BCUT2D eigenvalue weighted by Gasteiger charge is -2.37. The minimum absolute atomic E-state index is 0.134. The summed E-state index contributed by atoms with van der Waals surface area (Å²) in [6.45, 7) is 6.12. The Bertz CT molecular complexity index is 1070. The molecule has 3 amide bonds. The highest BCUT2D eigenvalue weighted by molar-refractivity contribution is 5.97. The smallest absolute Gasteiger partial charge is 0.321 e. The molecule has 1 aliphatic rings. The molecule has 2 heterocycles. The van der Waals surface area contributed by atoms with Crippen molar-refractivity contribution in [1.82, 2.24) is 14.8 Å². The molecule has 0 unspecified atom stereocenters. The highest BCUT2D eigenvalue weighted by Gasteiger charge is 2.34. The summed E-state index contributed by atoms with van der Waals surface area (Å²) >= 11 is 0. The van der Waals surface area contributed by atoms with Crippen molar-refractivity contribution in [2.45, 2.75) is 32.9 Å². The molecule has 0 saturated carbocycles. The molecule has 0 radical (unpaired) electrons. The Balaban J connectivity index is 1.85. The Hall–Kier alpha value is -3.59. The summed E-state index contributed by atoms with van der Waals surface area (Å²) in [5.74, 6) is 0.488. The van der Waals surface area contributed by atoms with Crippen LogP contribution < -0.4 is 14.8 Å². The normalized spacial score (nSPS) is 18.8. The SMILES string of the molecule is C/C=C/c1cnc2c(c1)C(=O)N([C@@H](C)CO)C[C@@H](C)[C@H](CN(C)C(=O)Nc1cccc(OC)c1)O2. The molecule has 1 aromatic carbocycles. The van der Waals surface area contributed by atoms with Gasteiger partial charge in [-0.3, -0.25) is 4.79 Å². The van der Waals surface area contributed by atoms with E-state index in [1.165, 1.54) is 4.90 Å². The molecule has 0 aliphatic carbocycles. The van der Waals surface area contributed by atoms with Crippen molar-refractivity contribution >= 4 is 23.7 Å². The van der Waals surface area contributed by atoms with E-state index in [0.29, 0.717) is 23.5 Å². The number of aromatic nitrogens is 1. The van der Waals surface area contributed by atoms with E-state index in [1.54, 1.807) is 62.5 Å². The van der Waals surface area contributed by atoms with Crippen LogP contribution in [-0.4, -0.2) is 77.8 Å². The molecular formula is C26H34N4O5. The Morgan fingerprint density at radius 1 is 1.43 bits per heavy atom. The van der Waals surface area contributed by atoms with Crippen LogP contribution in [0.5, 0.6) is 11.6 Å². The molecule has 3 atom stereocenters. The van der Waals surface area contributed by atoms with Crippen LogP contribution in [0.25, 0.3) is 6.08 Å². The highest BCUT2D eigenvalue weighted by atomic mass is 16.5. The van der Waals surface area contributed by atoms with Gasteiger partial charge in [0.05, 0.1) is 26.3 Å². The van der Waals surface area contributed by atoms with Gasteiger partial charge in [0.25, 0.3) is 5.91 Å². The second-order valence-electron chi connectivity index (χ2n) is 8.79. The number of ether oxygens (including phenoxy) is 2. The molecule has 2 aromatic rings. The molecular weight excluding hydrogens is 448 g/mol. The first-order valence-electron chi connectivity index (χ1n) is 11.6. The fraction of sp³-hybridized carbons (Fsp3) is 0.423. The molecule has 188 valence electrons. The van der Waals surface area contributed by atoms with Gasteiger partial charge in [0, 0.05) is 37.5 Å². The van der Waals surface area contributed by atoms with E-state index < -0.39 is 6.10 Å². The zero-order chi connectivity index (χ0) is 25.5. The summed E-state index contributed by atoms with van der Waals surface area (Å²) in [4.78, 5) is 33.9. The van der Waals surface area contributed by atoms with Gasteiger partial charge in [-0.05, 0) is 37.6 Å². The number of aliphatic hydroxyl groups is 1. The number of urea groups is 1. The molecule has 1 aromatic heterocycles. The van der Waals surface area contributed by atoms with Gasteiger partial charge in [0.1, 0.15) is 17.4 Å². The first-order chi connectivity index (χ1) is 16.8. The first kappa shape index (κ1) is 26.0. The Kier molecular flexibility index (Phi) is 8.70. The number of methoxy groups -OCH3 is 1. The molecule has 3 rings (SSSR count). The van der Waals surface area contributed by atoms with Crippen LogP contribution >= 0.6 is 0 Å². The molecule has 0 spiro atoms. The number of pyridine rings is 1. The number of likely N-dealkylation sites (N-methyl/N-ethyl adjacent to an activating group) is 1. The van der Waals surface area contributed by atoms with Gasteiger partial charge in [-0.1, -0.05) is 25.1 Å². The van der Waals surface area contributed by atoms with Crippen molar-refractivity contribution in [2.24, 2.45) is 5.92 Å². The molecule has 0 saturated heterocycles. The summed E-state index contributed by atoms with van der Waals surface area (Å²) in [5.41, 5.74) is 1.73. The lowest BCUT2D eigenvalue weighted by molar-refractivity contribution is 0.0356. The monoisotopic (exact) mass is 482 g/mol. The molecule has 1 aliphatic heterocycles. The maximum Gasteiger partial charge on any atom is 0.321 e. The number of nitrogens with one attached hydrogen (secondary N) is 1. The fourth-order valence-corrected chi connectivity index (χ4v) is 3.89. The van der Waals surface area contributed by atoms with Crippen molar-refractivity contribution in [3.8, 4) is 11.6 Å². The Morgan fingerprint density at radius 2 is 2.20 bits per heavy atom. The number of amides is 3. The molecule has 35 heavy (non-hydrogen) atoms. The van der Waals surface area contributed by atoms with Gasteiger partial charge >= 0.3 is 6.03 Å². The van der Waals surface area contributed by atoms with Crippen molar-refractivity contribution in [2.75, 3.05) is 39.2 Å². The molecule has 9 heteroatoms. The van der Waals surface area contributed by atoms with Crippen molar-refractivity contribution in [3.05, 3.63) is 53.7 Å². The summed E-state index contributed by atoms with van der Waals surface area (Å²) in [7, 11) is 3.26. The van der Waals surface area contributed by atoms with Gasteiger partial charge in [-0.2, -0.15) is 0 Å². The largest absolute Gasteiger partial charge is 0.497 e. The number of nitrogens with zero attached hydrogens (tertiary/aromatic N) is 3. The average molecular weight is 483 g/mol. The predicted octanol–water partition coefficient (Wildman–Crippen LogP) is 3.51. The van der Waals surface area contributed by atoms with Crippen LogP contribution in [0.1, 0.15) is 36.7 Å². The third-order valence-corrected chi connectivity index (χ3v) is 6.02. The number of rotatable bonds is 7. The number of hydrogen-bond donors (Lipinski definition) is 2. The molecule has 0 bridgehead atoms. The van der Waals surface area contributed by atoms with Gasteiger partial charge in [0.15, 0.2) is 0 Å². The van der Waals surface area contributed by atoms with E-state index in [-0.39, 0.29) is 42.9 Å². The second-order valence-corrected chi connectivity index (χ2v) is 8.79. The molecule has 9 nitrogen and oxygen atoms in total. The third kappa shape index (κ3) is 6.30. The van der Waals surface area contributed by atoms with Crippen molar-refractivity contribution in [1.29, 1.82) is 0 Å². The number of fused-ring (bicyclic) bond motifs is 1. The summed E-state index contributed by atoms with van der Waals surface area (Å²) in [6, 6.07) is 8.19. The van der Waals surface area contributed by atoms with E-state index in [9.17, 15) is 14.7 Å². The second kappa shape index (κ2) is 11.7. The standard InChI is InChI=1S/C26H34N4O5/c1-6-8-19-11-22-24(27-13-19)35-23(17(2)14-30(25(22)32)18(3)16-31)15-29(4)26(33)28-20-9-7-10-21(12-20)34-5/h6-13,17-18,23,31H,14-16H2,1-5H3,(H,28,33)/b8-6+/t17-,18+,23+/m1/s1. The molecule has 0 fully saturated rings. The maximum absolute atomic E-state index is 13.4. The number of anilines is 1. The quantitative estimate of drug-likeness (QED) is 0.626. The van der Waals surface area contributed by atoms with E-state index in [2.05, 4.69) is 10.3 Å². The topological polar surface area (TPSA) is 104 Å². The zero-order valence-electron chi connectivity index (χ0n) is 20.9. The lowest BCUT2D eigenvalue weighted by Crippen LogP contribution is -2.50. The Morgan fingerprint density at radius 3 is 2.89 bits per heavy atom. The zero-order valence-corrected chi connectivity index (χ0v) is 20.9. The van der Waals surface area contributed by atoms with Gasteiger partial charge in [-0.15, -0.1) is 0 Å². The minimum atomic E-state index is -0.434. The predicted molar refractivity (Wildman–Crippen MR) is 135 cm³/mol. The van der Waals surface area contributed by atoms with Crippen LogP contribution in [0.15, 0.2) is 42.6 Å². The number of allylic oxidation sites excluding steroid dienone is 1. The number of hydrogen-bond acceptors (Lipinski definition) is 6. The van der Waals surface area contributed by atoms with Crippen LogP contribution in [0, 0.1) is 5.92 Å². The fourth-order valence-electron chi connectivity index (χ4n) is 3.89. The minimum Gasteiger partial charge on any atom is -0.497 e. The van der Waals surface area contributed by atoms with E-state index in [0.717, 1.165) is 5.56 Å².